The van der Waals surface area contributed by atoms with Crippen LogP contribution in [0.4, 0.5) is 0 Å². The number of aliphatic hydroxyl groups is 3. The van der Waals surface area contributed by atoms with Crippen molar-refractivity contribution in [2.75, 3.05) is 6.61 Å². The number of nitrogens with one attached hydrogen (secondary N) is 1. The molecule has 0 spiro atoms. The Kier molecular flexibility index (Phi) is 8.33. The Morgan fingerprint density at radius 3 is 2.46 bits per heavy atom. The molecule has 0 amide bonds. The van der Waals surface area contributed by atoms with Gasteiger partial charge in [0.25, 0.3) is 21.2 Å². The fraction of sp³-hybridized carbons (Fsp3) is 0.688. The van der Waals surface area contributed by atoms with Crippen molar-refractivity contribution in [1.82, 2.24) is 9.55 Å². The average Bonchev–Trinajstić information content (AvgIpc) is 3.00. The minimum Gasteiger partial charge on any atom is -0.756 e. The molecule has 3 heterocycles. The second-order valence-corrected chi connectivity index (χ2v) is 10.7. The highest BCUT2D eigenvalue weighted by molar-refractivity contribution is 7.59. The molecule has 2 unspecified atom stereocenters. The van der Waals surface area contributed by atoms with Crippen LogP contribution in [0, 0.1) is 6.92 Å². The van der Waals surface area contributed by atoms with E-state index in [1.165, 1.54) is 13.8 Å². The van der Waals surface area contributed by atoms with Crippen molar-refractivity contribution in [3.8, 4) is 0 Å². The van der Waals surface area contributed by atoms with Gasteiger partial charge in [-0.25, -0.2) is 9.11 Å². The van der Waals surface area contributed by atoms with E-state index in [0.29, 0.717) is 0 Å². The lowest BCUT2D eigenvalue weighted by molar-refractivity contribution is -0.268. The van der Waals surface area contributed by atoms with Gasteiger partial charge in [-0.05, 0) is 13.8 Å². The summed E-state index contributed by atoms with van der Waals surface area (Å²) in [6, 6.07) is 0. The number of aromatic nitrogens is 2. The molecule has 2 fully saturated rings. The molecule has 19 heteroatoms. The molecule has 9 atom stereocenters. The molecule has 35 heavy (non-hydrogen) atoms. The minimum atomic E-state index is -5.76. The third kappa shape index (κ3) is 6.60. The first kappa shape index (κ1) is 28.0. The smallest absolute Gasteiger partial charge is 0.330 e. The lowest BCUT2D eigenvalue weighted by Gasteiger charge is -2.36. The van der Waals surface area contributed by atoms with Crippen LogP contribution < -0.4 is 21.0 Å². The van der Waals surface area contributed by atoms with E-state index >= 15 is 0 Å². The monoisotopic (exact) mass is 544 g/mol. The first-order valence-corrected chi connectivity index (χ1v) is 12.9. The summed E-state index contributed by atoms with van der Waals surface area (Å²) in [5.74, 6) is -0.799. The van der Waals surface area contributed by atoms with Gasteiger partial charge in [-0.15, -0.1) is 0 Å². The number of aromatic amines is 1. The van der Waals surface area contributed by atoms with Crippen molar-refractivity contribution in [2.24, 2.45) is 0 Å². The average molecular weight is 544 g/mol. The highest BCUT2D eigenvalue weighted by atomic mass is 31.3. The first-order chi connectivity index (χ1) is 16.1. The van der Waals surface area contributed by atoms with E-state index in [2.05, 4.69) is 13.4 Å². The van der Waals surface area contributed by atoms with E-state index in [4.69, 9.17) is 9.47 Å². The zero-order valence-electron chi connectivity index (χ0n) is 18.1. The van der Waals surface area contributed by atoms with Crippen LogP contribution >= 0.6 is 15.6 Å². The highest BCUT2D eigenvalue weighted by Gasteiger charge is 2.45. The number of aryl methyl sites for hydroxylation is 1. The maximum absolute atomic E-state index is 12.0. The number of rotatable bonds is 8. The summed E-state index contributed by atoms with van der Waals surface area (Å²) in [5, 5.41) is 30.0. The van der Waals surface area contributed by atoms with Crippen LogP contribution in [0.2, 0.25) is 0 Å². The molecule has 2 aliphatic heterocycles. The van der Waals surface area contributed by atoms with Crippen LogP contribution in [0.1, 0.15) is 25.1 Å². The van der Waals surface area contributed by atoms with Crippen LogP contribution in [0.5, 0.6) is 0 Å². The van der Waals surface area contributed by atoms with E-state index in [9.17, 15) is 48.6 Å². The Labute approximate surface area is 196 Å². The number of H-pyrrole nitrogens is 1. The quantitative estimate of drug-likeness (QED) is 0.232. The van der Waals surface area contributed by atoms with Crippen molar-refractivity contribution in [3.05, 3.63) is 32.6 Å². The molecule has 0 bridgehead atoms. The number of ketones is 1. The number of hydrogen-bond donors (Lipinski definition) is 4. The SMILES string of the molecule is Cc1cn([C@@H]2O[C@H](COP(=O)([O-])OP(=O)([O-])O[C@H]3O[C@H](C)CC(=O)[C@H]3O)[C@@H](O)[C@H]2O)c(=O)[nH]c1=O. The molecule has 2 saturated heterocycles. The van der Waals surface area contributed by atoms with Crippen molar-refractivity contribution >= 4 is 21.4 Å². The number of hydrogen-bond acceptors (Lipinski definition) is 15. The van der Waals surface area contributed by atoms with Gasteiger partial charge in [0.15, 0.2) is 24.4 Å². The standard InChI is InChI=1S/C16H24N2O15P2/c1-6-4-18(16(24)17-13(6)23)14-12(22)11(21)9(31-14)5-29-34(25,26)33-35(27,28)32-15-10(20)8(19)3-7(2)30-15/h4,7,9-12,14-15,20-22H,3,5H2,1-2H3,(H,25,26)(H,27,28)(H,17,23,24)/p-2/t7-,9-,10-,11-,12-,14-,15-/m1/s1. The predicted molar refractivity (Wildman–Crippen MR) is 105 cm³/mol. The van der Waals surface area contributed by atoms with E-state index in [0.717, 1.165) is 10.8 Å². The maximum Gasteiger partial charge on any atom is 0.330 e. The fourth-order valence-electron chi connectivity index (χ4n) is 3.32. The Bertz CT molecular complexity index is 1170. The number of carbonyl (C=O) groups is 1. The summed E-state index contributed by atoms with van der Waals surface area (Å²) in [5.41, 5.74) is -1.61. The van der Waals surface area contributed by atoms with Gasteiger partial charge in [-0.2, -0.15) is 0 Å². The summed E-state index contributed by atoms with van der Waals surface area (Å²) in [4.78, 5) is 61.0. The number of phosphoric ester groups is 2. The molecule has 0 aliphatic carbocycles. The lowest BCUT2D eigenvalue weighted by atomic mass is 10.1. The van der Waals surface area contributed by atoms with Gasteiger partial charge >= 0.3 is 5.69 Å². The van der Waals surface area contributed by atoms with Crippen molar-refractivity contribution in [3.63, 3.8) is 0 Å². The van der Waals surface area contributed by atoms with E-state index < -0.39 is 82.3 Å². The second-order valence-electron chi connectivity index (χ2n) is 7.83. The number of nitrogens with zero attached hydrogens (tertiary/aromatic N) is 1. The molecular formula is C16H22N2O15P2-2. The summed E-state index contributed by atoms with van der Waals surface area (Å²) in [6.45, 7) is 1.68. The summed E-state index contributed by atoms with van der Waals surface area (Å²) < 4.78 is 47.6. The van der Waals surface area contributed by atoms with Gasteiger partial charge in [0, 0.05) is 18.2 Å². The molecule has 17 nitrogen and oxygen atoms in total. The molecular weight excluding hydrogens is 522 g/mol. The Balaban J connectivity index is 1.63. The molecule has 4 N–H and O–H groups in total. The zero-order valence-corrected chi connectivity index (χ0v) is 19.9. The lowest BCUT2D eigenvalue weighted by Crippen LogP contribution is -2.46. The molecule has 3 rings (SSSR count). The Morgan fingerprint density at radius 2 is 1.80 bits per heavy atom. The molecule has 1 aromatic rings. The maximum atomic E-state index is 12.0. The largest absolute Gasteiger partial charge is 0.756 e. The van der Waals surface area contributed by atoms with Crippen LogP contribution in [0.3, 0.4) is 0 Å². The number of ether oxygens (including phenoxy) is 2. The van der Waals surface area contributed by atoms with Gasteiger partial charge in [0.05, 0.1) is 12.7 Å². The zero-order chi connectivity index (χ0) is 26.3. The highest BCUT2D eigenvalue weighted by Crippen LogP contribution is 2.56. The van der Waals surface area contributed by atoms with Crippen LogP contribution in [0.25, 0.3) is 0 Å². The third-order valence-corrected chi connectivity index (χ3v) is 7.56. The molecule has 0 aromatic carbocycles. The molecule has 2 aliphatic rings. The number of carbonyl (C=O) groups excluding carboxylic acids is 1. The minimum absolute atomic E-state index is 0.0707. The Hall–Kier alpha value is -1.59. The fourth-order valence-corrected chi connectivity index (χ4v) is 5.39. The van der Waals surface area contributed by atoms with E-state index in [1.807, 2.05) is 4.98 Å². The van der Waals surface area contributed by atoms with E-state index in [1.54, 1.807) is 0 Å². The Morgan fingerprint density at radius 1 is 1.14 bits per heavy atom. The second kappa shape index (κ2) is 10.4. The van der Waals surface area contributed by atoms with Gasteiger partial charge in [0.2, 0.25) is 0 Å². The molecule has 0 saturated carbocycles. The van der Waals surface area contributed by atoms with Gasteiger partial charge in [-0.1, -0.05) is 0 Å². The van der Waals surface area contributed by atoms with E-state index in [-0.39, 0.29) is 12.0 Å². The summed E-state index contributed by atoms with van der Waals surface area (Å²) >= 11 is 0. The van der Waals surface area contributed by atoms with Crippen LogP contribution in [-0.2, 0) is 36.8 Å². The van der Waals surface area contributed by atoms with Crippen LogP contribution in [-0.4, -0.2) is 74.1 Å². The summed E-state index contributed by atoms with van der Waals surface area (Å²) in [7, 11) is -11.5. The summed E-state index contributed by atoms with van der Waals surface area (Å²) in [6.07, 6.45) is -10.8. The molecule has 198 valence electrons. The number of phosphoric acid groups is 2. The normalized spacial score (nSPS) is 34.9. The number of Topliss-reactive ketones (excluding diaryl/α,β-unsaturated/α-hetero) is 1. The van der Waals surface area contributed by atoms with Crippen molar-refractivity contribution in [1.29, 1.82) is 0 Å². The van der Waals surface area contributed by atoms with Crippen molar-refractivity contribution < 1.29 is 61.9 Å². The topological polar surface area (TPSA) is 259 Å². The van der Waals surface area contributed by atoms with Crippen LogP contribution in [0.15, 0.2) is 15.8 Å². The molecule has 1 aromatic heterocycles. The molecule has 0 radical (unpaired) electrons. The van der Waals surface area contributed by atoms with Gasteiger partial charge in [-0.3, -0.25) is 32.8 Å². The number of aliphatic hydroxyl groups excluding tert-OH is 3. The first-order valence-electron chi connectivity index (χ1n) is 9.96. The van der Waals surface area contributed by atoms with Gasteiger partial charge in [0.1, 0.15) is 18.3 Å². The van der Waals surface area contributed by atoms with Gasteiger partial charge < -0.3 is 39.1 Å². The van der Waals surface area contributed by atoms with Crippen molar-refractivity contribution in [2.45, 2.75) is 63.3 Å². The predicted octanol–water partition coefficient (Wildman–Crippen LogP) is -3.48. The third-order valence-electron chi connectivity index (χ3n) is 5.03.